The molecule has 8 nitrogen and oxygen atoms in total. The predicted molar refractivity (Wildman–Crippen MR) is 70.3 cm³/mol. The van der Waals surface area contributed by atoms with Crippen LogP contribution in [0.5, 0.6) is 0 Å². The van der Waals surface area contributed by atoms with E-state index < -0.39 is 6.03 Å². The average molecular weight is 262 g/mol. The van der Waals surface area contributed by atoms with Crippen LogP contribution in [0.15, 0.2) is 24.0 Å². The molecule has 0 radical (unpaired) electrons. The maximum atomic E-state index is 11.6. The van der Waals surface area contributed by atoms with Crippen molar-refractivity contribution >= 4 is 23.4 Å². The first-order chi connectivity index (χ1) is 9.10. The number of hydrogen-bond acceptors (Lipinski definition) is 5. The Hall–Kier alpha value is -2.48. The highest BCUT2D eigenvalue weighted by Gasteiger charge is 2.32. The van der Waals surface area contributed by atoms with E-state index in [4.69, 9.17) is 16.2 Å². The van der Waals surface area contributed by atoms with Gasteiger partial charge in [0.15, 0.2) is 5.84 Å². The number of aliphatic hydroxyl groups excluding tert-OH is 1. The lowest BCUT2D eigenvalue weighted by Crippen LogP contribution is -2.32. The highest BCUT2D eigenvalue weighted by Crippen LogP contribution is 2.17. The van der Waals surface area contributed by atoms with Gasteiger partial charge < -0.3 is 15.4 Å². The molecule has 8 heteroatoms. The molecule has 0 aromatic carbocycles. The number of carbonyl (C=O) groups excluding carboxylic acids is 1. The molecule has 1 aliphatic heterocycles. The number of hydrogen-bond donors (Lipinski definition) is 3. The minimum absolute atomic E-state index is 0.0501. The first-order valence-corrected chi connectivity index (χ1v) is 5.62. The van der Waals surface area contributed by atoms with Gasteiger partial charge in [-0.1, -0.05) is 6.08 Å². The van der Waals surface area contributed by atoms with Crippen LogP contribution in [0.25, 0.3) is 0 Å². The highest BCUT2D eigenvalue weighted by atomic mass is 16.3. The molecule has 1 aliphatic rings. The standard InChI is InChI=1S/C11H14N6O2/c1-2-3-17-10(13)8(15-11(17)19)7-9(12)16(4-5-18)6-14-7/h2,6,13,18H,1,3-5,12H2. The summed E-state index contributed by atoms with van der Waals surface area (Å²) in [7, 11) is 0. The molecule has 2 heterocycles. The summed E-state index contributed by atoms with van der Waals surface area (Å²) in [5.74, 6) is 0.219. The van der Waals surface area contributed by atoms with Gasteiger partial charge in [0.25, 0.3) is 0 Å². The lowest BCUT2D eigenvalue weighted by Gasteiger charge is -2.11. The van der Waals surface area contributed by atoms with Gasteiger partial charge in [-0.3, -0.25) is 10.3 Å². The number of aliphatic hydroxyl groups is 1. The van der Waals surface area contributed by atoms with Crippen LogP contribution in [0, 0.1) is 5.41 Å². The summed E-state index contributed by atoms with van der Waals surface area (Å²) in [6.45, 7) is 3.95. The van der Waals surface area contributed by atoms with Crippen molar-refractivity contribution in [2.45, 2.75) is 6.54 Å². The topological polar surface area (TPSA) is 121 Å². The zero-order valence-electron chi connectivity index (χ0n) is 10.2. The van der Waals surface area contributed by atoms with E-state index in [1.54, 1.807) is 0 Å². The van der Waals surface area contributed by atoms with Gasteiger partial charge in [0.05, 0.1) is 12.9 Å². The molecule has 2 rings (SSSR count). The van der Waals surface area contributed by atoms with Crippen molar-refractivity contribution in [2.75, 3.05) is 18.9 Å². The molecule has 0 atom stereocenters. The summed E-state index contributed by atoms with van der Waals surface area (Å²) in [5.41, 5.74) is 6.27. The number of nitrogens with one attached hydrogen (secondary N) is 1. The maximum absolute atomic E-state index is 11.6. The molecule has 1 aromatic heterocycles. The third kappa shape index (κ3) is 2.13. The van der Waals surface area contributed by atoms with Crippen LogP contribution in [0.1, 0.15) is 5.69 Å². The molecule has 0 saturated carbocycles. The molecule has 0 fully saturated rings. The van der Waals surface area contributed by atoms with Crippen LogP contribution in [0.3, 0.4) is 0 Å². The summed E-state index contributed by atoms with van der Waals surface area (Å²) in [4.78, 5) is 20.6. The molecule has 0 bridgehead atoms. The number of anilines is 1. The van der Waals surface area contributed by atoms with E-state index in [1.807, 2.05) is 0 Å². The fourth-order valence-corrected chi connectivity index (χ4v) is 1.76. The highest BCUT2D eigenvalue weighted by molar-refractivity contribution is 6.52. The number of nitrogens with two attached hydrogens (primary N) is 1. The maximum Gasteiger partial charge on any atom is 0.350 e. The molecular formula is C11H14N6O2. The van der Waals surface area contributed by atoms with E-state index in [-0.39, 0.29) is 36.2 Å². The summed E-state index contributed by atoms with van der Waals surface area (Å²) < 4.78 is 1.53. The molecule has 19 heavy (non-hydrogen) atoms. The van der Waals surface area contributed by atoms with Gasteiger partial charge in [0, 0.05) is 13.1 Å². The number of amidine groups is 1. The van der Waals surface area contributed by atoms with Gasteiger partial charge in [-0.25, -0.2) is 9.78 Å². The third-order valence-corrected chi connectivity index (χ3v) is 2.69. The van der Waals surface area contributed by atoms with Crippen molar-refractivity contribution in [1.29, 1.82) is 5.41 Å². The van der Waals surface area contributed by atoms with E-state index in [1.165, 1.54) is 21.9 Å². The number of imidazole rings is 1. The molecule has 100 valence electrons. The van der Waals surface area contributed by atoms with Crippen LogP contribution in [0.4, 0.5) is 10.6 Å². The number of nitrogen functional groups attached to an aromatic ring is 1. The van der Waals surface area contributed by atoms with E-state index in [2.05, 4.69) is 16.6 Å². The molecule has 1 aromatic rings. The van der Waals surface area contributed by atoms with Crippen LogP contribution >= 0.6 is 0 Å². The van der Waals surface area contributed by atoms with Crippen molar-refractivity contribution in [3.05, 3.63) is 24.7 Å². The van der Waals surface area contributed by atoms with E-state index in [0.717, 1.165) is 0 Å². The van der Waals surface area contributed by atoms with Crippen molar-refractivity contribution in [3.8, 4) is 0 Å². The first kappa shape index (κ1) is 13.0. The Bertz CT molecular complexity index is 574. The average Bonchev–Trinajstić information content (AvgIpc) is 2.86. The molecule has 0 unspecified atom stereocenters. The third-order valence-electron chi connectivity index (χ3n) is 2.69. The summed E-state index contributed by atoms with van der Waals surface area (Å²) in [6, 6.07) is -0.531. The summed E-state index contributed by atoms with van der Waals surface area (Å²) >= 11 is 0. The van der Waals surface area contributed by atoms with Crippen LogP contribution < -0.4 is 5.73 Å². The van der Waals surface area contributed by atoms with Crippen LogP contribution in [0.2, 0.25) is 0 Å². The SMILES string of the molecule is C=CCN1C(=N)C(c2ncn(CCO)c2N)=NC1=O. The lowest BCUT2D eigenvalue weighted by molar-refractivity contribution is 0.235. The van der Waals surface area contributed by atoms with E-state index >= 15 is 0 Å². The number of aliphatic imine (C=N–C) groups is 1. The zero-order valence-corrected chi connectivity index (χ0v) is 10.2. The first-order valence-electron chi connectivity index (χ1n) is 5.62. The number of urea groups is 1. The fraction of sp³-hybridized carbons (Fsp3) is 0.273. The smallest absolute Gasteiger partial charge is 0.350 e. The van der Waals surface area contributed by atoms with Gasteiger partial charge in [-0.05, 0) is 0 Å². The quantitative estimate of drug-likeness (QED) is 0.638. The predicted octanol–water partition coefficient (Wildman–Crippen LogP) is -0.154. The van der Waals surface area contributed by atoms with Crippen LogP contribution in [-0.2, 0) is 6.54 Å². The Morgan fingerprint density at radius 3 is 2.95 bits per heavy atom. The van der Waals surface area contributed by atoms with Crippen molar-refractivity contribution < 1.29 is 9.90 Å². The van der Waals surface area contributed by atoms with E-state index in [0.29, 0.717) is 6.54 Å². The summed E-state index contributed by atoms with van der Waals surface area (Å²) in [5, 5.41) is 16.8. The number of amides is 2. The minimum Gasteiger partial charge on any atom is -0.395 e. The molecule has 0 spiro atoms. The number of aromatic nitrogens is 2. The fourth-order valence-electron chi connectivity index (χ4n) is 1.76. The summed E-state index contributed by atoms with van der Waals surface area (Å²) in [6.07, 6.45) is 2.95. The normalized spacial score (nSPS) is 15.0. The Morgan fingerprint density at radius 1 is 1.58 bits per heavy atom. The molecule has 4 N–H and O–H groups in total. The largest absolute Gasteiger partial charge is 0.395 e. The Morgan fingerprint density at radius 2 is 2.32 bits per heavy atom. The van der Waals surface area contributed by atoms with Crippen molar-refractivity contribution in [1.82, 2.24) is 14.5 Å². The van der Waals surface area contributed by atoms with Gasteiger partial charge in [-0.15, -0.1) is 6.58 Å². The number of rotatable bonds is 5. The van der Waals surface area contributed by atoms with Crippen LogP contribution in [-0.4, -0.2) is 50.3 Å². The minimum atomic E-state index is -0.531. The second-order valence-electron chi connectivity index (χ2n) is 3.89. The second kappa shape index (κ2) is 5.02. The zero-order chi connectivity index (χ0) is 14.0. The number of carbonyl (C=O) groups is 1. The van der Waals surface area contributed by atoms with Gasteiger partial charge in [-0.2, -0.15) is 4.99 Å². The Kier molecular flexibility index (Phi) is 3.43. The van der Waals surface area contributed by atoms with Gasteiger partial charge in [0.2, 0.25) is 0 Å². The molecular weight excluding hydrogens is 248 g/mol. The molecule has 2 amide bonds. The lowest BCUT2D eigenvalue weighted by atomic mass is 10.2. The monoisotopic (exact) mass is 262 g/mol. The van der Waals surface area contributed by atoms with Crippen molar-refractivity contribution in [3.63, 3.8) is 0 Å². The molecule has 0 saturated heterocycles. The van der Waals surface area contributed by atoms with Gasteiger partial charge in [0.1, 0.15) is 17.2 Å². The van der Waals surface area contributed by atoms with Crippen molar-refractivity contribution in [2.24, 2.45) is 4.99 Å². The second-order valence-corrected chi connectivity index (χ2v) is 3.89. The Labute approximate surface area is 109 Å². The molecule has 0 aliphatic carbocycles. The van der Waals surface area contributed by atoms with Gasteiger partial charge >= 0.3 is 6.03 Å². The Balaban J connectivity index is 2.33. The van der Waals surface area contributed by atoms with E-state index in [9.17, 15) is 4.79 Å². The number of nitrogens with zero attached hydrogens (tertiary/aromatic N) is 4.